The van der Waals surface area contributed by atoms with Gasteiger partial charge in [0, 0.05) is 44.7 Å². The standard InChI is InChI=1S/C20H27N3O3/c1-3-4-9-22-10-12-23(13-11-22)20(25)15-26-18-14-19(24)21(2)17-8-6-5-7-16(17)18/h5-8,14H,3-4,9-13,15H2,1-2H3. The molecule has 2 heterocycles. The summed E-state index contributed by atoms with van der Waals surface area (Å²) in [6, 6.07) is 9.02. The topological polar surface area (TPSA) is 54.8 Å². The molecule has 1 amide bonds. The molecule has 0 unspecified atom stereocenters. The zero-order chi connectivity index (χ0) is 18.5. The summed E-state index contributed by atoms with van der Waals surface area (Å²) in [5.41, 5.74) is 0.655. The van der Waals surface area contributed by atoms with Gasteiger partial charge in [-0.15, -0.1) is 0 Å². The lowest BCUT2D eigenvalue weighted by Gasteiger charge is -2.34. The number of fused-ring (bicyclic) bond motifs is 1. The van der Waals surface area contributed by atoms with Crippen LogP contribution in [0.25, 0.3) is 10.9 Å². The molecule has 140 valence electrons. The molecule has 26 heavy (non-hydrogen) atoms. The third kappa shape index (κ3) is 4.07. The number of nitrogens with zero attached hydrogens (tertiary/aromatic N) is 3. The van der Waals surface area contributed by atoms with E-state index in [2.05, 4.69) is 11.8 Å². The number of carbonyl (C=O) groups excluding carboxylic acids is 1. The van der Waals surface area contributed by atoms with Crippen molar-refractivity contribution in [2.75, 3.05) is 39.3 Å². The summed E-state index contributed by atoms with van der Waals surface area (Å²) < 4.78 is 7.33. The Labute approximate surface area is 154 Å². The second-order valence-corrected chi connectivity index (χ2v) is 6.79. The Morgan fingerprint density at radius 1 is 1.15 bits per heavy atom. The SMILES string of the molecule is CCCCN1CCN(C(=O)COc2cc(=O)n(C)c3ccccc23)CC1. The van der Waals surface area contributed by atoms with Crippen molar-refractivity contribution in [3.05, 3.63) is 40.7 Å². The summed E-state index contributed by atoms with van der Waals surface area (Å²) in [4.78, 5) is 28.8. The molecule has 1 aromatic heterocycles. The fourth-order valence-corrected chi connectivity index (χ4v) is 3.33. The first-order valence-electron chi connectivity index (χ1n) is 9.32. The van der Waals surface area contributed by atoms with Gasteiger partial charge in [0.05, 0.1) is 5.52 Å². The first-order chi connectivity index (χ1) is 12.6. The molecule has 0 spiro atoms. The van der Waals surface area contributed by atoms with E-state index in [1.165, 1.54) is 18.9 Å². The zero-order valence-electron chi connectivity index (χ0n) is 15.6. The second kappa shape index (κ2) is 8.36. The molecule has 1 fully saturated rings. The molecular weight excluding hydrogens is 330 g/mol. The average Bonchev–Trinajstić information content (AvgIpc) is 2.68. The minimum Gasteiger partial charge on any atom is -0.483 e. The number of pyridine rings is 1. The zero-order valence-corrected chi connectivity index (χ0v) is 15.6. The number of hydrogen-bond acceptors (Lipinski definition) is 4. The van der Waals surface area contributed by atoms with Crippen LogP contribution in [0.4, 0.5) is 0 Å². The van der Waals surface area contributed by atoms with Crippen LogP contribution in [0.2, 0.25) is 0 Å². The van der Waals surface area contributed by atoms with Crippen LogP contribution >= 0.6 is 0 Å². The van der Waals surface area contributed by atoms with E-state index in [1.807, 2.05) is 29.2 Å². The lowest BCUT2D eigenvalue weighted by Crippen LogP contribution is -2.50. The minimum atomic E-state index is -0.143. The number of aryl methyl sites for hydroxylation is 1. The fraction of sp³-hybridized carbons (Fsp3) is 0.500. The van der Waals surface area contributed by atoms with Gasteiger partial charge in [0.2, 0.25) is 0 Å². The van der Waals surface area contributed by atoms with Crippen molar-refractivity contribution in [1.29, 1.82) is 0 Å². The van der Waals surface area contributed by atoms with Gasteiger partial charge in [-0.1, -0.05) is 25.5 Å². The van der Waals surface area contributed by atoms with E-state index in [0.717, 1.165) is 43.6 Å². The maximum absolute atomic E-state index is 12.5. The molecule has 3 rings (SSSR count). The van der Waals surface area contributed by atoms with E-state index < -0.39 is 0 Å². The first-order valence-corrected chi connectivity index (χ1v) is 9.32. The quantitative estimate of drug-likeness (QED) is 0.792. The van der Waals surface area contributed by atoms with Crippen LogP contribution in [0.15, 0.2) is 35.1 Å². The smallest absolute Gasteiger partial charge is 0.260 e. The molecule has 1 aromatic carbocycles. The van der Waals surface area contributed by atoms with Crippen LogP contribution in [-0.4, -0.2) is 59.6 Å². The van der Waals surface area contributed by atoms with E-state index in [0.29, 0.717) is 5.75 Å². The Hall–Kier alpha value is -2.34. The number of ether oxygens (including phenoxy) is 1. The molecule has 1 saturated heterocycles. The molecule has 6 nitrogen and oxygen atoms in total. The third-order valence-electron chi connectivity index (χ3n) is 5.02. The maximum Gasteiger partial charge on any atom is 0.260 e. The lowest BCUT2D eigenvalue weighted by atomic mass is 10.2. The van der Waals surface area contributed by atoms with E-state index >= 15 is 0 Å². The predicted octanol–water partition coefficient (Wildman–Crippen LogP) is 1.86. The van der Waals surface area contributed by atoms with Crippen LogP contribution in [0.3, 0.4) is 0 Å². The van der Waals surface area contributed by atoms with Crippen LogP contribution in [0, 0.1) is 0 Å². The molecule has 0 saturated carbocycles. The molecule has 0 N–H and O–H groups in total. The first kappa shape index (κ1) is 18.5. The van der Waals surface area contributed by atoms with Gasteiger partial charge in [0.25, 0.3) is 11.5 Å². The molecule has 1 aliphatic rings. The van der Waals surface area contributed by atoms with Gasteiger partial charge in [-0.25, -0.2) is 0 Å². The Balaban J connectivity index is 1.61. The lowest BCUT2D eigenvalue weighted by molar-refractivity contribution is -0.135. The number of unbranched alkanes of at least 4 members (excludes halogenated alkanes) is 1. The summed E-state index contributed by atoms with van der Waals surface area (Å²) in [7, 11) is 1.73. The third-order valence-corrected chi connectivity index (χ3v) is 5.02. The minimum absolute atomic E-state index is 0.0232. The molecule has 6 heteroatoms. The Bertz CT molecular complexity index is 823. The van der Waals surface area contributed by atoms with Gasteiger partial charge in [0.1, 0.15) is 5.75 Å². The van der Waals surface area contributed by atoms with Crippen molar-refractivity contribution in [2.24, 2.45) is 7.05 Å². The van der Waals surface area contributed by atoms with Crippen molar-refractivity contribution in [3.8, 4) is 5.75 Å². The van der Waals surface area contributed by atoms with E-state index in [4.69, 9.17) is 4.74 Å². The summed E-state index contributed by atoms with van der Waals surface area (Å²) in [5.74, 6) is 0.448. The average molecular weight is 357 g/mol. The van der Waals surface area contributed by atoms with Crippen LogP contribution < -0.4 is 10.3 Å². The molecule has 0 atom stereocenters. The number of carbonyl (C=O) groups is 1. The van der Waals surface area contributed by atoms with Crippen molar-refractivity contribution in [3.63, 3.8) is 0 Å². The highest BCUT2D eigenvalue weighted by Gasteiger charge is 2.21. The highest BCUT2D eigenvalue weighted by atomic mass is 16.5. The Morgan fingerprint density at radius 3 is 2.62 bits per heavy atom. The maximum atomic E-state index is 12.5. The van der Waals surface area contributed by atoms with E-state index in [9.17, 15) is 9.59 Å². The van der Waals surface area contributed by atoms with Gasteiger partial charge < -0.3 is 14.2 Å². The van der Waals surface area contributed by atoms with Crippen LogP contribution in [0.5, 0.6) is 5.75 Å². The van der Waals surface area contributed by atoms with E-state index in [1.54, 1.807) is 11.6 Å². The van der Waals surface area contributed by atoms with Crippen molar-refractivity contribution >= 4 is 16.8 Å². The largest absolute Gasteiger partial charge is 0.483 e. The number of rotatable bonds is 6. The predicted molar refractivity (Wildman–Crippen MR) is 103 cm³/mol. The molecule has 2 aromatic rings. The molecular formula is C20H27N3O3. The Kier molecular flexibility index (Phi) is 5.93. The number of aromatic nitrogens is 1. The molecule has 0 bridgehead atoms. The Morgan fingerprint density at radius 2 is 1.88 bits per heavy atom. The van der Waals surface area contributed by atoms with E-state index in [-0.39, 0.29) is 18.1 Å². The summed E-state index contributed by atoms with van der Waals surface area (Å²) in [6.45, 7) is 6.58. The van der Waals surface area contributed by atoms with Gasteiger partial charge in [-0.3, -0.25) is 14.5 Å². The van der Waals surface area contributed by atoms with Crippen molar-refractivity contribution < 1.29 is 9.53 Å². The van der Waals surface area contributed by atoms with Gasteiger partial charge >= 0.3 is 0 Å². The number of piperazine rings is 1. The van der Waals surface area contributed by atoms with Gasteiger partial charge in [-0.2, -0.15) is 0 Å². The molecule has 0 radical (unpaired) electrons. The van der Waals surface area contributed by atoms with Gasteiger partial charge in [-0.05, 0) is 25.1 Å². The van der Waals surface area contributed by atoms with Crippen LogP contribution in [0.1, 0.15) is 19.8 Å². The number of hydrogen-bond donors (Lipinski definition) is 0. The highest BCUT2D eigenvalue weighted by Crippen LogP contribution is 2.23. The number of benzene rings is 1. The summed E-state index contributed by atoms with van der Waals surface area (Å²) in [5, 5.41) is 0.840. The summed E-state index contributed by atoms with van der Waals surface area (Å²) in [6.07, 6.45) is 2.39. The molecule has 0 aliphatic carbocycles. The van der Waals surface area contributed by atoms with Crippen LogP contribution in [-0.2, 0) is 11.8 Å². The van der Waals surface area contributed by atoms with Crippen molar-refractivity contribution in [2.45, 2.75) is 19.8 Å². The normalized spacial score (nSPS) is 15.4. The number of amides is 1. The van der Waals surface area contributed by atoms with Gasteiger partial charge in [0.15, 0.2) is 6.61 Å². The number of para-hydroxylation sites is 1. The molecule has 1 aliphatic heterocycles. The fourth-order valence-electron chi connectivity index (χ4n) is 3.33. The second-order valence-electron chi connectivity index (χ2n) is 6.79. The van der Waals surface area contributed by atoms with Crippen molar-refractivity contribution in [1.82, 2.24) is 14.4 Å². The summed E-state index contributed by atoms with van der Waals surface area (Å²) >= 11 is 0. The highest BCUT2D eigenvalue weighted by molar-refractivity contribution is 5.86. The monoisotopic (exact) mass is 357 g/mol.